The molecule has 3 aliphatic carbocycles. The second-order valence-corrected chi connectivity index (χ2v) is 23.2. The van der Waals surface area contributed by atoms with Crippen LogP contribution in [0.5, 0.6) is 0 Å². The first kappa shape index (κ1) is 58.6. The van der Waals surface area contributed by atoms with Crippen molar-refractivity contribution in [1.82, 2.24) is 15.1 Å². The number of aliphatic hydroxyl groups is 3. The fraction of sp³-hybridized carbons (Fsp3) is 0.519. The van der Waals surface area contributed by atoms with Gasteiger partial charge in [-0.2, -0.15) is 0 Å². The summed E-state index contributed by atoms with van der Waals surface area (Å²) in [5.41, 5.74) is -7.02. The van der Waals surface area contributed by atoms with Crippen LogP contribution in [0.2, 0.25) is 0 Å². The van der Waals surface area contributed by atoms with Crippen LogP contribution in [0.3, 0.4) is 0 Å². The average Bonchev–Trinajstić information content (AvgIpc) is 3.58. The molecule has 1 amide bonds. The van der Waals surface area contributed by atoms with E-state index in [-0.39, 0.29) is 35.3 Å². The molecule has 2 saturated heterocycles. The maximum absolute atomic E-state index is 15.5. The Morgan fingerprint density at radius 3 is 2.07 bits per heavy atom. The molecule has 22 heteroatoms. The van der Waals surface area contributed by atoms with E-state index in [1.165, 1.54) is 26.0 Å². The van der Waals surface area contributed by atoms with E-state index >= 15 is 4.79 Å². The molecule has 8 rings (SSSR count). The van der Waals surface area contributed by atoms with Crippen molar-refractivity contribution in [2.75, 3.05) is 44.6 Å². The van der Waals surface area contributed by atoms with Gasteiger partial charge in [0.25, 0.3) is 5.91 Å². The third-order valence-corrected chi connectivity index (χ3v) is 18.1. The van der Waals surface area contributed by atoms with Gasteiger partial charge in [0.2, 0.25) is 0 Å². The Bertz CT molecular complexity index is 2700. The van der Waals surface area contributed by atoms with Crippen molar-refractivity contribution < 1.29 is 76.9 Å². The maximum atomic E-state index is 15.5. The number of amides is 1. The van der Waals surface area contributed by atoms with Crippen molar-refractivity contribution in [3.63, 3.8) is 0 Å². The quantitative estimate of drug-likeness (QED) is 0.0407. The fourth-order valence-electron chi connectivity index (χ4n) is 11.5. The van der Waals surface area contributed by atoms with Gasteiger partial charge in [-0.05, 0) is 61.2 Å². The van der Waals surface area contributed by atoms with Crippen molar-refractivity contribution in [1.29, 1.82) is 0 Å². The number of fused-ring (bicyclic) bond motifs is 5. The first-order valence-corrected chi connectivity index (χ1v) is 27.7. The van der Waals surface area contributed by atoms with E-state index in [4.69, 9.17) is 51.4 Å². The number of alkyl halides is 2. The number of nitrogens with one attached hydrogen (secondary N) is 2. The number of aliphatic hydroxyl groups excluding tert-OH is 2. The van der Waals surface area contributed by atoms with Gasteiger partial charge in [-0.3, -0.25) is 23.7 Å². The van der Waals surface area contributed by atoms with E-state index < -0.39 is 120 Å². The van der Waals surface area contributed by atoms with Crippen molar-refractivity contribution in [2.45, 2.75) is 115 Å². The summed E-state index contributed by atoms with van der Waals surface area (Å²) in [7, 11) is -2.84. The number of hydrogen-bond donors (Lipinski definition) is 5. The van der Waals surface area contributed by atoms with E-state index in [0.29, 0.717) is 37.0 Å². The SMILES string of the molecule is CC(=O)O[C@H]1C(=O)[C@@]2(C)[C@H]([C@H](OC(=O)c3ccccc3)[C@]3(O)C[C@H](OC(=O)[C@H](O)[C@@H](NC(=O)c4ccccc4)c4ccccc4)C(C)=C1C3(C)C)[C@]1(OC(C)=O)CO[C@@H]1C[C@@H]2O.O=P1(NCCCl)OCCCN1CCCl. The Morgan fingerprint density at radius 2 is 1.50 bits per heavy atom. The molecular weight excluding hydrogens is 1050 g/mol. The number of rotatable bonds is 15. The summed E-state index contributed by atoms with van der Waals surface area (Å²) in [4.78, 5) is 83.5. The highest BCUT2D eigenvalue weighted by molar-refractivity contribution is 7.54. The van der Waals surface area contributed by atoms with Crippen molar-refractivity contribution >= 4 is 66.4 Å². The van der Waals surface area contributed by atoms with Crippen LogP contribution >= 0.6 is 30.9 Å². The van der Waals surface area contributed by atoms with Crippen LogP contribution in [0.4, 0.5) is 0 Å². The van der Waals surface area contributed by atoms with Crippen LogP contribution in [0.25, 0.3) is 0 Å². The zero-order valence-corrected chi connectivity index (χ0v) is 45.6. The summed E-state index contributed by atoms with van der Waals surface area (Å²) in [6.45, 7) is 10.3. The molecule has 2 aliphatic heterocycles. The Kier molecular flexibility index (Phi) is 18.4. The Balaban J connectivity index is 0.000000521. The van der Waals surface area contributed by atoms with Crippen LogP contribution in [-0.2, 0) is 52.0 Å². The van der Waals surface area contributed by atoms with Gasteiger partial charge in [0, 0.05) is 69.1 Å². The van der Waals surface area contributed by atoms with E-state index in [2.05, 4.69) is 10.4 Å². The molecule has 1 unspecified atom stereocenters. The molecule has 4 fully saturated rings. The zero-order chi connectivity index (χ0) is 55.4. The minimum Gasteiger partial charge on any atom is -0.456 e. The number of benzene rings is 3. The lowest BCUT2D eigenvalue weighted by molar-refractivity contribution is -0.346. The van der Waals surface area contributed by atoms with Gasteiger partial charge in [0.15, 0.2) is 23.6 Å². The third kappa shape index (κ3) is 11.3. The van der Waals surface area contributed by atoms with Crippen LogP contribution in [-0.4, -0.2) is 148 Å². The number of ketones is 1. The van der Waals surface area contributed by atoms with Crippen molar-refractivity contribution in [2.24, 2.45) is 16.7 Å². The van der Waals surface area contributed by atoms with Gasteiger partial charge < -0.3 is 48.8 Å². The number of halogens is 2. The predicted octanol–water partition coefficient (Wildman–Crippen LogP) is 5.62. The molecule has 2 heterocycles. The van der Waals surface area contributed by atoms with Crippen LogP contribution in [0, 0.1) is 16.7 Å². The number of carbonyl (C=O) groups is 6. The highest BCUT2D eigenvalue weighted by Crippen LogP contribution is 2.64. The number of hydrogen-bond acceptors (Lipinski definition) is 16. The van der Waals surface area contributed by atoms with Gasteiger partial charge in [-0.1, -0.05) is 80.6 Å². The van der Waals surface area contributed by atoms with Crippen LogP contribution in [0.1, 0.15) is 93.1 Å². The molecule has 76 heavy (non-hydrogen) atoms. The highest BCUT2D eigenvalue weighted by Gasteiger charge is 2.78. The summed E-state index contributed by atoms with van der Waals surface area (Å²) < 4.78 is 49.5. The monoisotopic (exact) mass is 1110 g/mol. The lowest BCUT2D eigenvalue weighted by Gasteiger charge is -2.67. The highest BCUT2D eigenvalue weighted by atomic mass is 35.5. The molecule has 3 aromatic rings. The zero-order valence-electron chi connectivity index (χ0n) is 43.1. The summed E-state index contributed by atoms with van der Waals surface area (Å²) in [6.07, 6.45) is -9.62. The lowest BCUT2D eigenvalue weighted by atomic mass is 9.44. The van der Waals surface area contributed by atoms with E-state index in [0.717, 1.165) is 26.8 Å². The number of ether oxygens (including phenoxy) is 5. The van der Waals surface area contributed by atoms with Gasteiger partial charge in [0.1, 0.15) is 23.9 Å². The average molecular weight is 1120 g/mol. The van der Waals surface area contributed by atoms with Gasteiger partial charge >= 0.3 is 31.5 Å². The van der Waals surface area contributed by atoms with Gasteiger partial charge in [-0.25, -0.2) is 19.3 Å². The number of Topliss-reactive ketones (excluding diaryl/α,β-unsaturated/α-hetero) is 1. The van der Waals surface area contributed by atoms with E-state index in [1.54, 1.807) is 97.4 Å². The molecule has 412 valence electrons. The Hall–Kier alpha value is -5.05. The standard InChI is InChI=1S/C47H51NO14.C7H15Cl2N2O2P/c1-25-31(60-43(56)36(52)35(28-16-10-7-11-17-28)48-41(54)29-18-12-8-13-19-29)23-47(57)40(61-42(55)30-20-14-9-15-21-30)38-45(6,32(51)22-33-46(38,24-58-33)62-27(3)50)39(53)37(59-26(2)49)34(25)44(47,4)5;8-2-4-10-14(12)11(6-3-9)5-1-7-13-14/h7-21,31-33,35-38,40,51-52,57H,22-24H2,1-6H3,(H,48,54);1-7H2,(H,10,12)/t31-,32-,33+,35-,36+,37+,38-,40-,45+,46-,47+;/m0./s1. The summed E-state index contributed by atoms with van der Waals surface area (Å²) in [5.74, 6) is -5.97. The summed E-state index contributed by atoms with van der Waals surface area (Å²) in [6, 6.07) is 22.9. The Morgan fingerprint density at radius 1 is 0.882 bits per heavy atom. The van der Waals surface area contributed by atoms with E-state index in [9.17, 15) is 43.9 Å². The number of esters is 4. The normalized spacial score (nSPS) is 31.4. The molecule has 2 bridgehead atoms. The molecule has 19 nitrogen and oxygen atoms in total. The second kappa shape index (κ2) is 23.9. The smallest absolute Gasteiger partial charge is 0.343 e. The lowest BCUT2D eigenvalue weighted by Crippen LogP contribution is -2.82. The minimum absolute atomic E-state index is 0.00289. The fourth-order valence-corrected chi connectivity index (χ4v) is 14.0. The molecule has 0 radical (unpaired) electrons. The van der Waals surface area contributed by atoms with E-state index in [1.807, 2.05) is 0 Å². The molecule has 0 aromatic heterocycles. The molecule has 0 spiro atoms. The number of nitrogens with zero attached hydrogens (tertiary/aromatic N) is 1. The van der Waals surface area contributed by atoms with Gasteiger partial charge in [0.05, 0.1) is 42.3 Å². The van der Waals surface area contributed by atoms with Crippen molar-refractivity contribution in [3.8, 4) is 0 Å². The molecule has 3 aromatic carbocycles. The molecule has 5 aliphatic rings. The second-order valence-electron chi connectivity index (χ2n) is 20.3. The summed E-state index contributed by atoms with van der Waals surface area (Å²) in [5, 5.41) is 43.1. The molecule has 2 saturated carbocycles. The topological polar surface area (TPSA) is 263 Å². The molecule has 12 atom stereocenters. The molecular formula is C54H66Cl2N3O16P. The first-order valence-electron chi connectivity index (χ1n) is 25.1. The minimum atomic E-state index is -2.84. The van der Waals surface area contributed by atoms with Gasteiger partial charge in [-0.15, -0.1) is 23.2 Å². The first-order chi connectivity index (χ1) is 36.0. The third-order valence-electron chi connectivity index (χ3n) is 15.4. The predicted molar refractivity (Wildman–Crippen MR) is 277 cm³/mol. The maximum Gasteiger partial charge on any atom is 0.343 e. The summed E-state index contributed by atoms with van der Waals surface area (Å²) >= 11 is 11.1. The Labute approximate surface area is 451 Å². The number of carbonyl (C=O) groups excluding carboxylic acids is 6. The largest absolute Gasteiger partial charge is 0.456 e. The van der Waals surface area contributed by atoms with Crippen LogP contribution < -0.4 is 10.4 Å². The van der Waals surface area contributed by atoms with Crippen LogP contribution in [0.15, 0.2) is 102 Å². The van der Waals surface area contributed by atoms with Crippen molar-refractivity contribution in [3.05, 3.63) is 119 Å². The molecule has 5 N–H and O–H groups in total.